The molecule has 0 saturated carbocycles. The highest BCUT2D eigenvalue weighted by atomic mass is 35.5. The van der Waals surface area contributed by atoms with Crippen molar-refractivity contribution in [3.63, 3.8) is 0 Å². The minimum atomic E-state index is 0.140. The summed E-state index contributed by atoms with van der Waals surface area (Å²) >= 11 is 4.32. The molecule has 0 bridgehead atoms. The van der Waals surface area contributed by atoms with Crippen LogP contribution in [0.3, 0.4) is 0 Å². The molecule has 0 heterocycles. The van der Waals surface area contributed by atoms with Crippen molar-refractivity contribution < 1.29 is 9.08 Å². The zero-order chi connectivity index (χ0) is 6.12. The van der Waals surface area contributed by atoms with Gasteiger partial charge in [-0.3, -0.25) is 4.79 Å². The van der Waals surface area contributed by atoms with Crippen LogP contribution in [0.25, 0.3) is 0 Å². The van der Waals surface area contributed by atoms with Crippen molar-refractivity contribution in [2.24, 2.45) is 0 Å². The molecule has 0 aromatic carbocycles. The first-order chi connectivity index (χ1) is 3.33. The second kappa shape index (κ2) is 17.8. The Labute approximate surface area is 47.9 Å². The second-order valence-electron chi connectivity index (χ2n) is 0.594. The topological polar surface area (TPSA) is 26.3 Å². The third-order valence-corrected chi connectivity index (χ3v) is 0.109. The van der Waals surface area contributed by atoms with Gasteiger partial charge >= 0.3 is 6.47 Å². The van der Waals surface area contributed by atoms with Crippen molar-refractivity contribution in [2.45, 2.75) is 6.92 Å². The third kappa shape index (κ3) is 270. The van der Waals surface area contributed by atoms with Crippen LogP contribution in [-0.2, 0) is 9.08 Å². The summed E-state index contributed by atoms with van der Waals surface area (Å²) in [5, 5.41) is 0. The second-order valence-corrected chi connectivity index (χ2v) is 0.772. The van der Waals surface area contributed by atoms with Gasteiger partial charge in [-0.2, -0.15) is 0 Å². The standard InChI is InChI=1S/C3H6.CHClO2/c1-3-2;2-4-1-3/h3H,1H2,2H3;1H. The Bertz CT molecular complexity index is 45.0. The number of hydrogen-bond donors (Lipinski definition) is 0. The fourth-order valence-electron chi connectivity index (χ4n) is 0. The monoisotopic (exact) mass is 122 g/mol. The Kier molecular flexibility index (Phi) is 24.7. The highest BCUT2D eigenvalue weighted by molar-refractivity contribution is 6.10. The highest BCUT2D eigenvalue weighted by Crippen LogP contribution is 1.62. The highest BCUT2D eigenvalue weighted by Gasteiger charge is 1.50. The lowest BCUT2D eigenvalue weighted by atomic mass is 10.8. The number of halogens is 1. The number of allylic oxidation sites excluding steroid dienone is 1. The molecule has 0 rings (SSSR count). The lowest BCUT2D eigenvalue weighted by Gasteiger charge is -1.59. The molecule has 42 valence electrons. The fraction of sp³-hybridized carbons (Fsp3) is 0.250. The summed E-state index contributed by atoms with van der Waals surface area (Å²) in [7, 11) is 0. The van der Waals surface area contributed by atoms with E-state index in [-0.39, 0.29) is 6.47 Å². The average molecular weight is 123 g/mol. The molecule has 3 heteroatoms. The van der Waals surface area contributed by atoms with Crippen molar-refractivity contribution in [3.05, 3.63) is 12.7 Å². The molecule has 0 aliphatic carbocycles. The molecule has 0 radical (unpaired) electrons. The molecule has 0 amide bonds. The zero-order valence-electron chi connectivity index (χ0n) is 4.06. The largest absolute Gasteiger partial charge is 0.350 e. The number of carbonyl (C=O) groups is 1. The lowest BCUT2D eigenvalue weighted by molar-refractivity contribution is -0.120. The van der Waals surface area contributed by atoms with Crippen molar-refractivity contribution >= 4 is 18.3 Å². The maximum absolute atomic E-state index is 8.82. The molecular formula is C4H7ClO2. The van der Waals surface area contributed by atoms with Gasteiger partial charge in [0.05, 0.1) is 0 Å². The Morgan fingerprint density at radius 3 is 2.00 bits per heavy atom. The molecule has 0 unspecified atom stereocenters. The van der Waals surface area contributed by atoms with Gasteiger partial charge in [-0.05, 0) is 6.92 Å². The first-order valence-electron chi connectivity index (χ1n) is 1.61. The molecule has 0 aliphatic heterocycles. The first kappa shape index (κ1) is 9.71. The normalized spacial score (nSPS) is 4.86. The summed E-state index contributed by atoms with van der Waals surface area (Å²) in [6, 6.07) is 0. The van der Waals surface area contributed by atoms with Crippen LogP contribution in [0.1, 0.15) is 6.92 Å². The quantitative estimate of drug-likeness (QED) is 0.389. The van der Waals surface area contributed by atoms with E-state index in [0.29, 0.717) is 0 Å². The summed E-state index contributed by atoms with van der Waals surface area (Å²) < 4.78 is 3.33. The van der Waals surface area contributed by atoms with Gasteiger partial charge in [-0.1, -0.05) is 6.08 Å². The molecule has 0 aromatic rings. The van der Waals surface area contributed by atoms with E-state index < -0.39 is 0 Å². The summed E-state index contributed by atoms with van der Waals surface area (Å²) in [6.45, 7) is 5.39. The number of hydrogen-bond acceptors (Lipinski definition) is 2. The number of rotatable bonds is 1. The van der Waals surface area contributed by atoms with E-state index in [1.165, 1.54) is 0 Å². The third-order valence-electron chi connectivity index (χ3n) is 0.0364. The summed E-state index contributed by atoms with van der Waals surface area (Å²) in [5.74, 6) is 0. The maximum Gasteiger partial charge on any atom is 0.312 e. The fourth-order valence-corrected chi connectivity index (χ4v) is 0. The smallest absolute Gasteiger partial charge is 0.312 e. The van der Waals surface area contributed by atoms with Crippen LogP contribution < -0.4 is 0 Å². The zero-order valence-corrected chi connectivity index (χ0v) is 4.81. The van der Waals surface area contributed by atoms with E-state index >= 15 is 0 Å². The van der Waals surface area contributed by atoms with Gasteiger partial charge in [0.1, 0.15) is 11.9 Å². The van der Waals surface area contributed by atoms with E-state index in [4.69, 9.17) is 4.79 Å². The van der Waals surface area contributed by atoms with E-state index in [9.17, 15) is 0 Å². The predicted molar refractivity (Wildman–Crippen MR) is 28.9 cm³/mol. The molecule has 7 heavy (non-hydrogen) atoms. The Hall–Kier alpha value is -0.500. The maximum atomic E-state index is 8.82. The Morgan fingerprint density at radius 2 is 2.00 bits per heavy atom. The summed E-state index contributed by atoms with van der Waals surface area (Å²) in [4.78, 5) is 8.82. The van der Waals surface area contributed by atoms with Crippen LogP contribution in [0.2, 0.25) is 0 Å². The molecule has 0 aliphatic rings. The summed E-state index contributed by atoms with van der Waals surface area (Å²) in [5.41, 5.74) is 0. The molecule has 0 N–H and O–H groups in total. The van der Waals surface area contributed by atoms with Gasteiger partial charge in [-0.25, -0.2) is 0 Å². The van der Waals surface area contributed by atoms with Crippen molar-refractivity contribution in [1.29, 1.82) is 0 Å². The Morgan fingerprint density at radius 1 is 1.86 bits per heavy atom. The van der Waals surface area contributed by atoms with Crippen LogP contribution in [0.4, 0.5) is 0 Å². The molecular weight excluding hydrogens is 115 g/mol. The van der Waals surface area contributed by atoms with Gasteiger partial charge in [-0.15, -0.1) is 6.58 Å². The van der Waals surface area contributed by atoms with Crippen LogP contribution in [0, 0.1) is 0 Å². The molecule has 0 spiro atoms. The van der Waals surface area contributed by atoms with E-state index in [0.717, 1.165) is 0 Å². The average Bonchev–Trinajstić information content (AvgIpc) is 1.69. The van der Waals surface area contributed by atoms with E-state index in [1.807, 2.05) is 6.92 Å². The molecule has 0 aromatic heterocycles. The van der Waals surface area contributed by atoms with Gasteiger partial charge in [0, 0.05) is 0 Å². The van der Waals surface area contributed by atoms with E-state index in [1.54, 1.807) is 6.08 Å². The number of carbonyl (C=O) groups excluding carboxylic acids is 1. The Balaban J connectivity index is 0. The van der Waals surface area contributed by atoms with Gasteiger partial charge in [0.2, 0.25) is 0 Å². The minimum absolute atomic E-state index is 0.140. The van der Waals surface area contributed by atoms with Crippen molar-refractivity contribution in [2.75, 3.05) is 0 Å². The van der Waals surface area contributed by atoms with Crippen LogP contribution in [-0.4, -0.2) is 6.47 Å². The summed E-state index contributed by atoms with van der Waals surface area (Å²) in [6.07, 6.45) is 1.75. The van der Waals surface area contributed by atoms with Crippen LogP contribution >= 0.6 is 11.9 Å². The van der Waals surface area contributed by atoms with Crippen LogP contribution in [0.5, 0.6) is 0 Å². The lowest BCUT2D eigenvalue weighted by Crippen LogP contribution is -1.57. The van der Waals surface area contributed by atoms with Gasteiger partial charge in [0.15, 0.2) is 0 Å². The van der Waals surface area contributed by atoms with E-state index in [2.05, 4.69) is 22.7 Å². The minimum Gasteiger partial charge on any atom is -0.350 e. The molecule has 2 nitrogen and oxygen atoms in total. The van der Waals surface area contributed by atoms with Gasteiger partial charge < -0.3 is 4.29 Å². The van der Waals surface area contributed by atoms with Crippen LogP contribution in [0.15, 0.2) is 12.7 Å². The molecule has 0 saturated heterocycles. The molecule has 0 atom stereocenters. The first-order valence-corrected chi connectivity index (χ1v) is 1.92. The molecule has 0 fully saturated rings. The van der Waals surface area contributed by atoms with Crippen molar-refractivity contribution in [1.82, 2.24) is 0 Å². The predicted octanol–water partition coefficient (Wildman–Crippen LogP) is 1.51. The van der Waals surface area contributed by atoms with Gasteiger partial charge in [0.25, 0.3) is 0 Å². The SMILES string of the molecule is C=CC.O=COCl. The van der Waals surface area contributed by atoms with Crippen molar-refractivity contribution in [3.8, 4) is 0 Å².